The Balaban J connectivity index is 1.64. The number of anilines is 1. The minimum absolute atomic E-state index is 0.189. The number of hydrogen-bond acceptors (Lipinski definition) is 5. The van der Waals surface area contributed by atoms with Gasteiger partial charge in [0.1, 0.15) is 16.5 Å². The van der Waals surface area contributed by atoms with E-state index in [-0.39, 0.29) is 5.69 Å². The number of rotatable bonds is 6. The summed E-state index contributed by atoms with van der Waals surface area (Å²) in [4.78, 5) is 7.99. The van der Waals surface area contributed by atoms with Gasteiger partial charge in [-0.15, -0.1) is 0 Å². The van der Waals surface area contributed by atoms with E-state index < -0.39 is 26.6 Å². The molecule has 0 aliphatic heterocycles. The number of hydrogen-bond donors (Lipinski definition) is 1. The molecule has 0 unspecified atom stereocenters. The molecule has 164 valence electrons. The van der Waals surface area contributed by atoms with Crippen molar-refractivity contribution >= 4 is 15.7 Å². The molecule has 0 fully saturated rings. The molecule has 0 amide bonds. The lowest BCUT2D eigenvalue weighted by atomic mass is 10.1. The van der Waals surface area contributed by atoms with Gasteiger partial charge in [0, 0.05) is 49.4 Å². The van der Waals surface area contributed by atoms with Gasteiger partial charge in [0.15, 0.2) is 0 Å². The molecule has 3 aromatic heterocycles. The fourth-order valence-corrected chi connectivity index (χ4v) is 4.35. The standard InChI is InChI=1S/C22H19F2N5O2S/c1-14-21(28-32(30,31)22-4-3-17(23)11-20(22)24)10-16(13-26-14)15-5-7-25-19(9-15)12-18-6-8-29(2)27-18/h3-11,13,28H,12H2,1-2H3. The molecule has 0 aliphatic rings. The zero-order valence-electron chi connectivity index (χ0n) is 17.3. The van der Waals surface area contributed by atoms with E-state index in [1.54, 1.807) is 36.1 Å². The van der Waals surface area contributed by atoms with Gasteiger partial charge in [-0.25, -0.2) is 17.2 Å². The van der Waals surface area contributed by atoms with E-state index in [4.69, 9.17) is 0 Å². The highest BCUT2D eigenvalue weighted by Gasteiger charge is 2.21. The molecule has 32 heavy (non-hydrogen) atoms. The number of pyridine rings is 2. The van der Waals surface area contributed by atoms with Gasteiger partial charge in [-0.05, 0) is 48.9 Å². The van der Waals surface area contributed by atoms with Gasteiger partial charge < -0.3 is 0 Å². The van der Waals surface area contributed by atoms with Crippen molar-refractivity contribution in [2.75, 3.05) is 4.72 Å². The summed E-state index contributed by atoms with van der Waals surface area (Å²) in [6.45, 7) is 1.63. The van der Waals surface area contributed by atoms with Crippen LogP contribution in [-0.4, -0.2) is 28.2 Å². The normalized spacial score (nSPS) is 11.5. The van der Waals surface area contributed by atoms with E-state index in [9.17, 15) is 17.2 Å². The molecule has 1 aromatic carbocycles. The predicted molar refractivity (Wildman–Crippen MR) is 115 cm³/mol. The summed E-state index contributed by atoms with van der Waals surface area (Å²) in [6, 6.07) is 9.47. The molecule has 7 nitrogen and oxygen atoms in total. The average molecular weight is 455 g/mol. The number of nitrogens with one attached hydrogen (secondary N) is 1. The van der Waals surface area contributed by atoms with Crippen LogP contribution in [-0.2, 0) is 23.5 Å². The first kappa shape index (κ1) is 21.6. The van der Waals surface area contributed by atoms with Gasteiger partial charge >= 0.3 is 0 Å². The lowest BCUT2D eigenvalue weighted by Gasteiger charge is -2.13. The lowest BCUT2D eigenvalue weighted by Crippen LogP contribution is -2.16. The van der Waals surface area contributed by atoms with E-state index >= 15 is 0 Å². The van der Waals surface area contributed by atoms with Crippen molar-refractivity contribution in [1.29, 1.82) is 0 Å². The number of nitrogens with zero attached hydrogens (tertiary/aromatic N) is 4. The van der Waals surface area contributed by atoms with Crippen LogP contribution in [0, 0.1) is 18.6 Å². The summed E-state index contributed by atoms with van der Waals surface area (Å²) in [5.74, 6) is -2.03. The van der Waals surface area contributed by atoms with E-state index in [1.807, 2.05) is 25.4 Å². The number of aromatic nitrogens is 4. The van der Waals surface area contributed by atoms with Crippen LogP contribution in [0.15, 0.2) is 66.0 Å². The molecule has 4 rings (SSSR count). The van der Waals surface area contributed by atoms with Gasteiger partial charge in [-0.1, -0.05) is 0 Å². The van der Waals surface area contributed by atoms with Crippen molar-refractivity contribution in [3.63, 3.8) is 0 Å². The second kappa shape index (κ2) is 8.46. The Morgan fingerprint density at radius 1 is 1.00 bits per heavy atom. The third-order valence-electron chi connectivity index (χ3n) is 4.80. The Bertz CT molecular complexity index is 1400. The highest BCUT2D eigenvalue weighted by atomic mass is 32.2. The zero-order chi connectivity index (χ0) is 22.9. The van der Waals surface area contributed by atoms with Gasteiger partial charge in [0.2, 0.25) is 0 Å². The lowest BCUT2D eigenvalue weighted by molar-refractivity contribution is 0.551. The van der Waals surface area contributed by atoms with E-state index in [2.05, 4.69) is 19.8 Å². The highest BCUT2D eigenvalue weighted by Crippen LogP contribution is 2.27. The van der Waals surface area contributed by atoms with E-state index in [0.717, 1.165) is 29.1 Å². The Morgan fingerprint density at radius 2 is 1.81 bits per heavy atom. The topological polar surface area (TPSA) is 89.8 Å². The van der Waals surface area contributed by atoms with Crippen LogP contribution in [0.4, 0.5) is 14.5 Å². The van der Waals surface area contributed by atoms with Crippen molar-refractivity contribution in [3.8, 4) is 11.1 Å². The van der Waals surface area contributed by atoms with E-state index in [0.29, 0.717) is 23.7 Å². The minimum atomic E-state index is -4.28. The summed E-state index contributed by atoms with van der Waals surface area (Å²) in [5.41, 5.74) is 3.69. The number of benzene rings is 1. The molecule has 10 heteroatoms. The van der Waals surface area contributed by atoms with Gasteiger partial charge in [0.25, 0.3) is 10.0 Å². The maximum absolute atomic E-state index is 14.0. The van der Waals surface area contributed by atoms with Crippen molar-refractivity contribution in [3.05, 3.63) is 89.8 Å². The van der Waals surface area contributed by atoms with Gasteiger partial charge in [0.05, 0.1) is 17.1 Å². The van der Waals surface area contributed by atoms with Crippen LogP contribution in [0.5, 0.6) is 0 Å². The highest BCUT2D eigenvalue weighted by molar-refractivity contribution is 7.92. The Labute approximate surface area is 183 Å². The van der Waals surface area contributed by atoms with Crippen molar-refractivity contribution in [1.82, 2.24) is 19.7 Å². The molecular formula is C22H19F2N5O2S. The predicted octanol–water partition coefficient (Wildman–Crippen LogP) is 3.86. The third kappa shape index (κ3) is 4.65. The Hall–Kier alpha value is -3.66. The maximum atomic E-state index is 14.0. The molecule has 0 atom stereocenters. The van der Waals surface area contributed by atoms with Gasteiger partial charge in [-0.3, -0.25) is 19.4 Å². The minimum Gasteiger partial charge on any atom is -0.278 e. The van der Waals surface area contributed by atoms with Crippen molar-refractivity contribution in [2.45, 2.75) is 18.2 Å². The van der Waals surface area contributed by atoms with Crippen molar-refractivity contribution < 1.29 is 17.2 Å². The Morgan fingerprint density at radius 3 is 2.53 bits per heavy atom. The third-order valence-corrected chi connectivity index (χ3v) is 6.19. The number of sulfonamides is 1. The summed E-state index contributed by atoms with van der Waals surface area (Å²) in [7, 11) is -2.44. The molecule has 0 radical (unpaired) electrons. The van der Waals surface area contributed by atoms with Crippen molar-refractivity contribution in [2.24, 2.45) is 7.05 Å². The Kier molecular flexibility index (Phi) is 5.70. The molecule has 0 aliphatic carbocycles. The largest absolute Gasteiger partial charge is 0.278 e. The summed E-state index contributed by atoms with van der Waals surface area (Å²) >= 11 is 0. The molecule has 4 aromatic rings. The van der Waals surface area contributed by atoms with Crippen LogP contribution in [0.1, 0.15) is 17.1 Å². The molecule has 0 spiro atoms. The molecule has 3 heterocycles. The summed E-state index contributed by atoms with van der Waals surface area (Å²) in [6.07, 6.45) is 5.67. The monoisotopic (exact) mass is 455 g/mol. The zero-order valence-corrected chi connectivity index (χ0v) is 18.1. The second-order valence-electron chi connectivity index (χ2n) is 7.23. The fourth-order valence-electron chi connectivity index (χ4n) is 3.18. The maximum Gasteiger partial charge on any atom is 0.264 e. The molecule has 1 N–H and O–H groups in total. The SMILES string of the molecule is Cc1ncc(-c2ccnc(Cc3ccn(C)n3)c2)cc1NS(=O)(=O)c1ccc(F)cc1F. The molecule has 0 bridgehead atoms. The van der Waals surface area contributed by atoms with Gasteiger partial charge in [-0.2, -0.15) is 5.10 Å². The van der Waals surface area contributed by atoms with E-state index in [1.165, 1.54) is 0 Å². The fraction of sp³-hybridized carbons (Fsp3) is 0.136. The summed E-state index contributed by atoms with van der Waals surface area (Å²) in [5, 5.41) is 4.35. The molecule has 0 saturated heterocycles. The van der Waals surface area contributed by atoms with Crippen LogP contribution in [0.3, 0.4) is 0 Å². The van der Waals surface area contributed by atoms with Crippen LogP contribution >= 0.6 is 0 Å². The number of aryl methyl sites for hydroxylation is 2. The first-order valence-electron chi connectivity index (χ1n) is 9.59. The molecular weight excluding hydrogens is 436 g/mol. The first-order chi connectivity index (χ1) is 15.2. The second-order valence-corrected chi connectivity index (χ2v) is 8.88. The van der Waals surface area contributed by atoms with Crippen LogP contribution < -0.4 is 4.72 Å². The smallest absolute Gasteiger partial charge is 0.264 e. The molecule has 0 saturated carbocycles. The van der Waals surface area contributed by atoms with Crippen LogP contribution in [0.2, 0.25) is 0 Å². The first-order valence-corrected chi connectivity index (χ1v) is 11.1. The average Bonchev–Trinajstić information content (AvgIpc) is 3.14. The quantitative estimate of drug-likeness (QED) is 0.477. The number of halogens is 2. The summed E-state index contributed by atoms with van der Waals surface area (Å²) < 4.78 is 56.6. The van der Waals surface area contributed by atoms with Crippen LogP contribution in [0.25, 0.3) is 11.1 Å².